The second kappa shape index (κ2) is 4.75. The van der Waals surface area contributed by atoms with Gasteiger partial charge in [0.05, 0.1) is 6.54 Å². The Bertz CT molecular complexity index is 206. The second-order valence-electron chi connectivity index (χ2n) is 4.30. The van der Waals surface area contributed by atoms with Gasteiger partial charge < -0.3 is 15.5 Å². The molecule has 1 amide bonds. The number of rotatable bonds is 3. The molecule has 0 unspecified atom stereocenters. The van der Waals surface area contributed by atoms with E-state index in [9.17, 15) is 4.79 Å². The Morgan fingerprint density at radius 2 is 2.29 bits per heavy atom. The highest BCUT2D eigenvalue weighted by Gasteiger charge is 2.29. The molecule has 1 heterocycles. The first-order valence-electron chi connectivity index (χ1n) is 5.26. The summed E-state index contributed by atoms with van der Waals surface area (Å²) in [5.41, 5.74) is 5.41. The number of carbonyl (C=O) groups is 1. The molecule has 82 valence electrons. The van der Waals surface area contributed by atoms with Crippen LogP contribution in [0.25, 0.3) is 0 Å². The van der Waals surface area contributed by atoms with Gasteiger partial charge in [-0.1, -0.05) is 0 Å². The highest BCUT2D eigenvalue weighted by molar-refractivity contribution is 5.78. The normalized spacial score (nSPS) is 23.1. The van der Waals surface area contributed by atoms with E-state index in [-0.39, 0.29) is 18.5 Å². The van der Waals surface area contributed by atoms with Gasteiger partial charge in [0.25, 0.3) is 0 Å². The van der Waals surface area contributed by atoms with Gasteiger partial charge in [-0.3, -0.25) is 4.79 Å². The summed E-state index contributed by atoms with van der Waals surface area (Å²) < 4.78 is 0. The fourth-order valence-electron chi connectivity index (χ4n) is 2.16. The minimum atomic E-state index is 0.0697. The summed E-state index contributed by atoms with van der Waals surface area (Å²) in [6.45, 7) is 6.27. The number of nitrogens with two attached hydrogens (primary N) is 1. The van der Waals surface area contributed by atoms with Gasteiger partial charge in [0.2, 0.25) is 5.91 Å². The fraction of sp³-hybridized carbons (Fsp3) is 0.900. The number of carbonyl (C=O) groups excluding carboxylic acids is 1. The van der Waals surface area contributed by atoms with E-state index < -0.39 is 0 Å². The van der Waals surface area contributed by atoms with Crippen molar-refractivity contribution in [2.45, 2.75) is 32.4 Å². The van der Waals surface area contributed by atoms with Crippen LogP contribution in [0, 0.1) is 0 Å². The van der Waals surface area contributed by atoms with Crippen LogP contribution < -0.4 is 5.73 Å². The van der Waals surface area contributed by atoms with Crippen molar-refractivity contribution in [1.82, 2.24) is 9.80 Å². The molecule has 4 heteroatoms. The third-order valence-corrected chi connectivity index (χ3v) is 2.78. The third-order valence-electron chi connectivity index (χ3n) is 2.78. The zero-order valence-corrected chi connectivity index (χ0v) is 9.36. The predicted octanol–water partition coefficient (Wildman–Crippen LogP) is -0.114. The molecule has 0 aromatic heterocycles. The van der Waals surface area contributed by atoms with E-state index in [1.807, 2.05) is 18.7 Å². The molecular weight excluding hydrogens is 178 g/mol. The lowest BCUT2D eigenvalue weighted by Gasteiger charge is -2.32. The number of amides is 1. The van der Waals surface area contributed by atoms with Gasteiger partial charge in [-0.2, -0.15) is 0 Å². The van der Waals surface area contributed by atoms with Crippen LogP contribution in [0.2, 0.25) is 0 Å². The summed E-state index contributed by atoms with van der Waals surface area (Å²) in [6.07, 6.45) is 1.07. The van der Waals surface area contributed by atoms with Crippen LogP contribution in [-0.2, 0) is 4.79 Å². The van der Waals surface area contributed by atoms with E-state index in [1.165, 1.54) is 0 Å². The average molecular weight is 199 g/mol. The predicted molar refractivity (Wildman–Crippen MR) is 56.9 cm³/mol. The Morgan fingerprint density at radius 1 is 1.64 bits per heavy atom. The molecule has 1 fully saturated rings. The van der Waals surface area contributed by atoms with Crippen LogP contribution >= 0.6 is 0 Å². The van der Waals surface area contributed by atoms with Crippen molar-refractivity contribution in [1.29, 1.82) is 0 Å². The lowest BCUT2D eigenvalue weighted by molar-refractivity contribution is -0.133. The first-order valence-corrected chi connectivity index (χ1v) is 5.26. The lowest BCUT2D eigenvalue weighted by atomic mass is 10.1. The molecule has 0 aromatic carbocycles. The van der Waals surface area contributed by atoms with E-state index in [4.69, 9.17) is 5.73 Å². The molecule has 1 atom stereocenters. The Kier molecular flexibility index (Phi) is 3.89. The molecule has 0 aliphatic carbocycles. The van der Waals surface area contributed by atoms with Crippen LogP contribution in [0.1, 0.15) is 20.3 Å². The molecule has 1 aliphatic heterocycles. The highest BCUT2D eigenvalue weighted by Crippen LogP contribution is 2.16. The smallest absolute Gasteiger partial charge is 0.236 e. The zero-order chi connectivity index (χ0) is 10.7. The van der Waals surface area contributed by atoms with Gasteiger partial charge >= 0.3 is 0 Å². The van der Waals surface area contributed by atoms with E-state index in [0.717, 1.165) is 19.5 Å². The lowest BCUT2D eigenvalue weighted by Crippen LogP contribution is -2.48. The second-order valence-corrected chi connectivity index (χ2v) is 4.30. The molecule has 0 aromatic rings. The summed E-state index contributed by atoms with van der Waals surface area (Å²) in [5.74, 6) is 0.0697. The molecule has 0 radical (unpaired) electrons. The molecule has 2 N–H and O–H groups in total. The number of nitrogens with zero attached hydrogens (tertiary/aromatic N) is 2. The molecule has 1 saturated heterocycles. The van der Waals surface area contributed by atoms with Crippen molar-refractivity contribution >= 4 is 5.91 Å². The standard InChI is InChI=1S/C10H21N3O/c1-8(2)13(10(14)6-11)9-4-5-12(3)7-9/h8-9H,4-7,11H2,1-3H3/t9-/m1/s1. The molecule has 4 nitrogen and oxygen atoms in total. The molecule has 0 saturated carbocycles. The monoisotopic (exact) mass is 199 g/mol. The van der Waals surface area contributed by atoms with Crippen LogP contribution in [-0.4, -0.2) is 54.5 Å². The van der Waals surface area contributed by atoms with Crippen LogP contribution in [0.5, 0.6) is 0 Å². The summed E-state index contributed by atoms with van der Waals surface area (Å²) in [6, 6.07) is 0.610. The van der Waals surface area contributed by atoms with E-state index in [1.54, 1.807) is 0 Å². The maximum Gasteiger partial charge on any atom is 0.236 e. The summed E-state index contributed by atoms with van der Waals surface area (Å²) in [5, 5.41) is 0. The molecule has 0 bridgehead atoms. The van der Waals surface area contributed by atoms with Gasteiger partial charge in [0.15, 0.2) is 0 Å². The third kappa shape index (κ3) is 2.45. The number of likely N-dealkylation sites (N-methyl/N-ethyl adjacent to an activating group) is 1. The first-order chi connectivity index (χ1) is 6.56. The van der Waals surface area contributed by atoms with Crippen molar-refractivity contribution < 1.29 is 4.79 Å². The fourth-order valence-corrected chi connectivity index (χ4v) is 2.16. The van der Waals surface area contributed by atoms with E-state index in [2.05, 4.69) is 11.9 Å². The summed E-state index contributed by atoms with van der Waals surface area (Å²) >= 11 is 0. The molecule has 1 rings (SSSR count). The molecule has 1 aliphatic rings. The van der Waals surface area contributed by atoms with Gasteiger partial charge in [-0.05, 0) is 33.9 Å². The topological polar surface area (TPSA) is 49.6 Å². The summed E-state index contributed by atoms with van der Waals surface area (Å²) in [4.78, 5) is 15.8. The largest absolute Gasteiger partial charge is 0.335 e. The zero-order valence-electron chi connectivity index (χ0n) is 9.36. The average Bonchev–Trinajstić information content (AvgIpc) is 2.51. The van der Waals surface area contributed by atoms with Crippen molar-refractivity contribution in [2.75, 3.05) is 26.7 Å². The Morgan fingerprint density at radius 3 is 2.64 bits per heavy atom. The number of hydrogen-bond donors (Lipinski definition) is 1. The van der Waals surface area contributed by atoms with Crippen LogP contribution in [0.15, 0.2) is 0 Å². The highest BCUT2D eigenvalue weighted by atomic mass is 16.2. The number of likely N-dealkylation sites (tertiary alicyclic amines) is 1. The number of hydrogen-bond acceptors (Lipinski definition) is 3. The van der Waals surface area contributed by atoms with Crippen LogP contribution in [0.3, 0.4) is 0 Å². The van der Waals surface area contributed by atoms with Crippen molar-refractivity contribution in [3.63, 3.8) is 0 Å². The molecular formula is C10H21N3O. The van der Waals surface area contributed by atoms with Gasteiger partial charge in [0, 0.05) is 18.6 Å². The van der Waals surface area contributed by atoms with Gasteiger partial charge in [0.1, 0.15) is 0 Å². The van der Waals surface area contributed by atoms with E-state index in [0.29, 0.717) is 6.04 Å². The minimum absolute atomic E-state index is 0.0697. The van der Waals surface area contributed by atoms with Crippen molar-refractivity contribution in [3.05, 3.63) is 0 Å². The van der Waals surface area contributed by atoms with Gasteiger partial charge in [-0.15, -0.1) is 0 Å². The van der Waals surface area contributed by atoms with Gasteiger partial charge in [-0.25, -0.2) is 0 Å². The van der Waals surface area contributed by atoms with Crippen LogP contribution in [0.4, 0.5) is 0 Å². The maximum atomic E-state index is 11.6. The molecule has 14 heavy (non-hydrogen) atoms. The maximum absolute atomic E-state index is 11.6. The van der Waals surface area contributed by atoms with E-state index >= 15 is 0 Å². The Labute approximate surface area is 86.0 Å². The summed E-state index contributed by atoms with van der Waals surface area (Å²) in [7, 11) is 2.09. The Hall–Kier alpha value is -0.610. The van der Waals surface area contributed by atoms with Crippen molar-refractivity contribution in [3.8, 4) is 0 Å². The minimum Gasteiger partial charge on any atom is -0.335 e. The van der Waals surface area contributed by atoms with Crippen molar-refractivity contribution in [2.24, 2.45) is 5.73 Å². The first kappa shape index (κ1) is 11.5. The SMILES string of the molecule is CC(C)N(C(=O)CN)[C@@H]1CCN(C)C1. The Balaban J connectivity index is 2.63. The quantitative estimate of drug-likeness (QED) is 0.690. The molecule has 0 spiro atoms.